The van der Waals surface area contributed by atoms with Gasteiger partial charge in [-0.1, -0.05) is 11.6 Å². The van der Waals surface area contributed by atoms with Crippen LogP contribution in [-0.2, 0) is 4.74 Å². The summed E-state index contributed by atoms with van der Waals surface area (Å²) in [6.07, 6.45) is 3.62. The zero-order valence-corrected chi connectivity index (χ0v) is 13.7. The van der Waals surface area contributed by atoms with Crippen LogP contribution in [0.1, 0.15) is 24.4 Å². The van der Waals surface area contributed by atoms with Gasteiger partial charge in [-0.25, -0.2) is 9.82 Å². The van der Waals surface area contributed by atoms with Crippen molar-refractivity contribution in [1.29, 1.82) is 0 Å². The lowest BCUT2D eigenvalue weighted by Crippen LogP contribution is -2.36. The first-order valence-electron chi connectivity index (χ1n) is 7.55. The van der Waals surface area contributed by atoms with E-state index in [1.165, 1.54) is 12.1 Å². The fraction of sp³-hybridized carbons (Fsp3) is 0.438. The van der Waals surface area contributed by atoms with Gasteiger partial charge < -0.3 is 15.9 Å². The van der Waals surface area contributed by atoms with Crippen LogP contribution in [-0.4, -0.2) is 26.5 Å². The van der Waals surface area contributed by atoms with Gasteiger partial charge in [0.2, 0.25) is 0 Å². The standard InChI is InChI=1S/C16H22ClFN4O/c1-20-16(11-2-4-23-5-3-11)10-21-22-15(9-19)12-6-13(17)8-14(18)7-12/h6-8,10-11,15,21-22H,1-5,9,19H2/b16-10-/t15-/m1/s1. The zero-order valence-electron chi connectivity index (χ0n) is 12.9. The minimum Gasteiger partial charge on any atom is -0.381 e. The molecule has 7 heteroatoms. The highest BCUT2D eigenvalue weighted by atomic mass is 35.5. The van der Waals surface area contributed by atoms with E-state index in [-0.39, 0.29) is 18.4 Å². The number of benzene rings is 1. The molecule has 1 saturated heterocycles. The first kappa shape index (κ1) is 17.9. The molecular weight excluding hydrogens is 319 g/mol. The van der Waals surface area contributed by atoms with Crippen LogP contribution in [0.4, 0.5) is 4.39 Å². The Kier molecular flexibility index (Phi) is 6.98. The van der Waals surface area contributed by atoms with Gasteiger partial charge >= 0.3 is 0 Å². The van der Waals surface area contributed by atoms with Gasteiger partial charge in [0.1, 0.15) is 5.82 Å². The van der Waals surface area contributed by atoms with E-state index in [4.69, 9.17) is 22.1 Å². The number of ether oxygens (including phenoxy) is 1. The van der Waals surface area contributed by atoms with Crippen molar-refractivity contribution >= 4 is 18.3 Å². The van der Waals surface area contributed by atoms with Crippen molar-refractivity contribution < 1.29 is 9.13 Å². The predicted octanol–water partition coefficient (Wildman–Crippen LogP) is 2.54. The van der Waals surface area contributed by atoms with Gasteiger partial charge in [0, 0.05) is 36.9 Å². The topological polar surface area (TPSA) is 71.7 Å². The number of aliphatic imine (C=N–C) groups is 1. The van der Waals surface area contributed by atoms with Crippen LogP contribution < -0.4 is 16.6 Å². The molecule has 0 saturated carbocycles. The normalized spacial score (nSPS) is 17.8. The Morgan fingerprint density at radius 2 is 2.22 bits per heavy atom. The maximum atomic E-state index is 13.5. The van der Waals surface area contributed by atoms with Gasteiger partial charge in [-0.15, -0.1) is 0 Å². The van der Waals surface area contributed by atoms with E-state index in [0.29, 0.717) is 16.5 Å². The van der Waals surface area contributed by atoms with Crippen molar-refractivity contribution in [3.63, 3.8) is 0 Å². The number of nitrogens with one attached hydrogen (secondary N) is 2. The molecule has 0 spiro atoms. The van der Waals surface area contributed by atoms with E-state index in [1.807, 2.05) is 0 Å². The second kappa shape index (κ2) is 8.98. The minimum atomic E-state index is -0.390. The lowest BCUT2D eigenvalue weighted by molar-refractivity contribution is 0.0753. The molecule has 4 N–H and O–H groups in total. The number of hydrazine groups is 1. The van der Waals surface area contributed by atoms with Crippen molar-refractivity contribution in [1.82, 2.24) is 10.9 Å². The predicted molar refractivity (Wildman–Crippen MR) is 90.7 cm³/mol. The monoisotopic (exact) mass is 340 g/mol. The van der Waals surface area contributed by atoms with E-state index in [2.05, 4.69) is 22.6 Å². The third kappa shape index (κ3) is 5.28. The maximum absolute atomic E-state index is 13.5. The largest absolute Gasteiger partial charge is 0.381 e. The summed E-state index contributed by atoms with van der Waals surface area (Å²) in [7, 11) is 0. The fourth-order valence-electron chi connectivity index (χ4n) is 2.56. The van der Waals surface area contributed by atoms with Crippen LogP contribution in [0, 0.1) is 11.7 Å². The van der Waals surface area contributed by atoms with Crippen molar-refractivity contribution in [2.75, 3.05) is 19.8 Å². The summed E-state index contributed by atoms with van der Waals surface area (Å²) in [5.41, 5.74) is 13.3. The molecule has 5 nitrogen and oxygen atoms in total. The molecule has 0 aliphatic carbocycles. The lowest BCUT2D eigenvalue weighted by atomic mass is 9.97. The van der Waals surface area contributed by atoms with Gasteiger partial charge in [-0.05, 0) is 43.3 Å². The molecule has 1 aliphatic heterocycles. The Morgan fingerprint density at radius 1 is 1.48 bits per heavy atom. The summed E-state index contributed by atoms with van der Waals surface area (Å²) in [6.45, 7) is 5.37. The number of allylic oxidation sites excluding steroid dienone is 1. The second-order valence-electron chi connectivity index (χ2n) is 5.39. The highest BCUT2D eigenvalue weighted by molar-refractivity contribution is 6.30. The molecule has 1 aromatic carbocycles. The fourth-order valence-corrected chi connectivity index (χ4v) is 2.79. The Bertz CT molecular complexity index is 541. The summed E-state index contributed by atoms with van der Waals surface area (Å²) >= 11 is 5.88. The first-order chi connectivity index (χ1) is 11.1. The SMILES string of the molecule is C=N/C(=C\NN[C@H](CN)c1cc(F)cc(Cl)c1)C1CCOCC1. The molecule has 126 valence electrons. The molecule has 0 unspecified atom stereocenters. The molecular formula is C16H22ClFN4O. The maximum Gasteiger partial charge on any atom is 0.125 e. The molecule has 1 heterocycles. The van der Waals surface area contributed by atoms with E-state index in [1.54, 1.807) is 12.3 Å². The molecule has 2 rings (SSSR count). The number of nitrogens with zero attached hydrogens (tertiary/aromatic N) is 1. The summed E-state index contributed by atoms with van der Waals surface area (Å²) in [6, 6.07) is 4.08. The van der Waals surface area contributed by atoms with Crippen LogP contribution in [0.25, 0.3) is 0 Å². The Morgan fingerprint density at radius 3 is 2.83 bits per heavy atom. The lowest BCUT2D eigenvalue weighted by Gasteiger charge is -2.23. The van der Waals surface area contributed by atoms with E-state index in [9.17, 15) is 4.39 Å². The molecule has 0 amide bonds. The number of hydrogen-bond donors (Lipinski definition) is 3. The van der Waals surface area contributed by atoms with Crippen LogP contribution >= 0.6 is 11.6 Å². The van der Waals surface area contributed by atoms with Gasteiger partial charge in [0.05, 0.1) is 11.7 Å². The summed E-state index contributed by atoms with van der Waals surface area (Å²) in [4.78, 5) is 4.08. The van der Waals surface area contributed by atoms with Crippen molar-refractivity contribution in [3.05, 3.63) is 46.5 Å². The van der Waals surface area contributed by atoms with Gasteiger partial charge in [-0.3, -0.25) is 4.99 Å². The molecule has 0 bridgehead atoms. The number of hydrogen-bond acceptors (Lipinski definition) is 5. The summed E-state index contributed by atoms with van der Waals surface area (Å²) in [5.74, 6) is -0.0607. The van der Waals surface area contributed by atoms with Gasteiger partial charge in [-0.2, -0.15) is 0 Å². The molecule has 1 aromatic rings. The molecule has 23 heavy (non-hydrogen) atoms. The van der Waals surface area contributed by atoms with Crippen LogP contribution in [0.3, 0.4) is 0 Å². The number of rotatable bonds is 7. The molecule has 1 aliphatic rings. The molecule has 1 fully saturated rings. The van der Waals surface area contributed by atoms with Crippen molar-refractivity contribution in [3.8, 4) is 0 Å². The van der Waals surface area contributed by atoms with Crippen molar-refractivity contribution in [2.24, 2.45) is 16.6 Å². The van der Waals surface area contributed by atoms with Gasteiger partial charge in [0.15, 0.2) is 0 Å². The Hall–Kier alpha value is -1.47. The highest BCUT2D eigenvalue weighted by Crippen LogP contribution is 2.23. The molecule has 1 atom stereocenters. The first-order valence-corrected chi connectivity index (χ1v) is 7.93. The van der Waals surface area contributed by atoms with Crippen molar-refractivity contribution in [2.45, 2.75) is 18.9 Å². The van der Waals surface area contributed by atoms with E-state index >= 15 is 0 Å². The summed E-state index contributed by atoms with van der Waals surface area (Å²) in [5, 5.41) is 0.339. The zero-order chi connectivity index (χ0) is 16.7. The van der Waals surface area contributed by atoms with E-state index < -0.39 is 0 Å². The Balaban J connectivity index is 1.98. The average molecular weight is 341 g/mol. The van der Waals surface area contributed by atoms with Crippen LogP contribution in [0.5, 0.6) is 0 Å². The minimum absolute atomic E-state index is 0.278. The van der Waals surface area contributed by atoms with E-state index in [0.717, 1.165) is 31.8 Å². The Labute approximate surface area is 140 Å². The third-order valence-electron chi connectivity index (χ3n) is 3.82. The third-order valence-corrected chi connectivity index (χ3v) is 4.04. The van der Waals surface area contributed by atoms with Crippen LogP contribution in [0.15, 0.2) is 35.1 Å². The number of halogens is 2. The summed E-state index contributed by atoms with van der Waals surface area (Å²) < 4.78 is 18.8. The number of nitrogens with two attached hydrogens (primary N) is 1. The smallest absolute Gasteiger partial charge is 0.125 e. The molecule has 0 aromatic heterocycles. The quantitative estimate of drug-likeness (QED) is 0.527. The average Bonchev–Trinajstić information content (AvgIpc) is 2.55. The molecule has 0 radical (unpaired) electrons. The van der Waals surface area contributed by atoms with Crippen LogP contribution in [0.2, 0.25) is 5.02 Å². The second-order valence-corrected chi connectivity index (χ2v) is 5.83. The van der Waals surface area contributed by atoms with Gasteiger partial charge in [0.25, 0.3) is 0 Å². The highest BCUT2D eigenvalue weighted by Gasteiger charge is 2.17.